The maximum Gasteiger partial charge on any atom is 0.252 e. The lowest BCUT2D eigenvalue weighted by molar-refractivity contribution is -0.123. The van der Waals surface area contributed by atoms with Gasteiger partial charge in [-0.2, -0.15) is 0 Å². The van der Waals surface area contributed by atoms with E-state index in [4.69, 9.17) is 0 Å². The molecule has 1 aromatic carbocycles. The number of nitrogens with one attached hydrogen (secondary N) is 2. The van der Waals surface area contributed by atoms with Gasteiger partial charge >= 0.3 is 0 Å². The summed E-state index contributed by atoms with van der Waals surface area (Å²) in [5, 5.41) is 5.81. The molecule has 0 aliphatic carbocycles. The summed E-state index contributed by atoms with van der Waals surface area (Å²) in [6.45, 7) is 10.8. The molecular weight excluding hydrogens is 288 g/mol. The molecular formula is C19H30N2O2. The van der Waals surface area contributed by atoms with Gasteiger partial charge in [-0.25, -0.2) is 0 Å². The van der Waals surface area contributed by atoms with Crippen LogP contribution in [0, 0.1) is 18.8 Å². The van der Waals surface area contributed by atoms with Crippen LogP contribution in [-0.4, -0.2) is 24.4 Å². The number of amides is 2. The average Bonchev–Trinajstić information content (AvgIpc) is 2.48. The van der Waals surface area contributed by atoms with Gasteiger partial charge in [-0.3, -0.25) is 9.59 Å². The SMILES string of the molecule is Cc1ccccc1C(=O)NC(C(=O)NCCCC(C)C)C(C)C. The Morgan fingerprint density at radius 1 is 1.09 bits per heavy atom. The molecule has 0 fully saturated rings. The first-order valence-electron chi connectivity index (χ1n) is 8.47. The largest absolute Gasteiger partial charge is 0.354 e. The smallest absolute Gasteiger partial charge is 0.252 e. The Kier molecular flexibility index (Phi) is 7.79. The van der Waals surface area contributed by atoms with Crippen LogP contribution in [0.1, 0.15) is 56.5 Å². The number of rotatable bonds is 8. The molecule has 0 aliphatic rings. The van der Waals surface area contributed by atoms with Gasteiger partial charge < -0.3 is 10.6 Å². The zero-order valence-corrected chi connectivity index (χ0v) is 15.0. The molecule has 0 bridgehead atoms. The molecule has 0 saturated heterocycles. The van der Waals surface area contributed by atoms with E-state index in [0.29, 0.717) is 18.0 Å². The highest BCUT2D eigenvalue weighted by molar-refractivity contribution is 5.98. The number of carbonyl (C=O) groups excluding carboxylic acids is 2. The van der Waals surface area contributed by atoms with E-state index >= 15 is 0 Å². The van der Waals surface area contributed by atoms with Crippen LogP contribution < -0.4 is 10.6 Å². The minimum Gasteiger partial charge on any atom is -0.354 e. The van der Waals surface area contributed by atoms with Crippen LogP contribution in [0.15, 0.2) is 24.3 Å². The Hall–Kier alpha value is -1.84. The van der Waals surface area contributed by atoms with Crippen molar-refractivity contribution in [2.45, 2.75) is 53.5 Å². The van der Waals surface area contributed by atoms with Gasteiger partial charge in [0.25, 0.3) is 5.91 Å². The monoisotopic (exact) mass is 318 g/mol. The van der Waals surface area contributed by atoms with Gasteiger partial charge in [0.05, 0.1) is 0 Å². The van der Waals surface area contributed by atoms with Gasteiger partial charge in [-0.1, -0.05) is 45.9 Å². The number of carbonyl (C=O) groups is 2. The normalized spacial score (nSPS) is 12.3. The Balaban J connectivity index is 2.62. The standard InChI is InChI=1S/C19H30N2O2/c1-13(2)9-8-12-20-19(23)17(14(3)4)21-18(22)16-11-7-6-10-15(16)5/h6-7,10-11,13-14,17H,8-9,12H2,1-5H3,(H,20,23)(H,21,22). The van der Waals surface area contributed by atoms with Crippen molar-refractivity contribution in [1.82, 2.24) is 10.6 Å². The first-order chi connectivity index (χ1) is 10.8. The topological polar surface area (TPSA) is 58.2 Å². The first-order valence-corrected chi connectivity index (χ1v) is 8.47. The highest BCUT2D eigenvalue weighted by Crippen LogP contribution is 2.09. The van der Waals surface area contributed by atoms with Crippen molar-refractivity contribution in [1.29, 1.82) is 0 Å². The second-order valence-corrected chi connectivity index (χ2v) is 6.84. The number of aryl methyl sites for hydroxylation is 1. The Morgan fingerprint density at radius 3 is 2.30 bits per heavy atom. The third kappa shape index (κ3) is 6.43. The molecule has 2 amide bonds. The molecule has 0 aromatic heterocycles. The lowest BCUT2D eigenvalue weighted by atomic mass is 10.0. The second-order valence-electron chi connectivity index (χ2n) is 6.84. The molecule has 4 heteroatoms. The fourth-order valence-corrected chi connectivity index (χ4v) is 2.41. The van der Waals surface area contributed by atoms with Gasteiger partial charge in [0.2, 0.25) is 5.91 Å². The molecule has 1 unspecified atom stereocenters. The van der Waals surface area contributed by atoms with E-state index in [1.54, 1.807) is 6.07 Å². The lowest BCUT2D eigenvalue weighted by Gasteiger charge is -2.22. The van der Waals surface area contributed by atoms with Crippen LogP contribution in [0.5, 0.6) is 0 Å². The molecule has 0 radical (unpaired) electrons. The average molecular weight is 318 g/mol. The Labute approximate surface area is 140 Å². The zero-order chi connectivity index (χ0) is 17.4. The Bertz CT molecular complexity index is 524. The third-order valence-corrected chi connectivity index (χ3v) is 3.88. The third-order valence-electron chi connectivity index (χ3n) is 3.88. The highest BCUT2D eigenvalue weighted by atomic mass is 16.2. The predicted molar refractivity (Wildman–Crippen MR) is 94.4 cm³/mol. The first kappa shape index (κ1) is 19.2. The molecule has 128 valence electrons. The van der Waals surface area contributed by atoms with Gasteiger partial charge in [0.1, 0.15) is 6.04 Å². The summed E-state index contributed by atoms with van der Waals surface area (Å²) < 4.78 is 0. The molecule has 1 aromatic rings. The quantitative estimate of drug-likeness (QED) is 0.723. The van der Waals surface area contributed by atoms with E-state index in [9.17, 15) is 9.59 Å². The van der Waals surface area contributed by atoms with E-state index in [1.165, 1.54) is 0 Å². The second kappa shape index (κ2) is 9.33. The molecule has 4 nitrogen and oxygen atoms in total. The summed E-state index contributed by atoms with van der Waals surface area (Å²) in [6.07, 6.45) is 2.04. The van der Waals surface area contributed by atoms with Gasteiger partial charge in [0, 0.05) is 12.1 Å². The van der Waals surface area contributed by atoms with Crippen LogP contribution in [0.4, 0.5) is 0 Å². The molecule has 0 saturated carbocycles. The molecule has 0 heterocycles. The van der Waals surface area contributed by atoms with Gasteiger partial charge in [-0.05, 0) is 43.2 Å². The van der Waals surface area contributed by atoms with Crippen molar-refractivity contribution >= 4 is 11.8 Å². The minimum atomic E-state index is -0.513. The van der Waals surface area contributed by atoms with Crippen molar-refractivity contribution in [2.75, 3.05) is 6.54 Å². The summed E-state index contributed by atoms with van der Waals surface area (Å²) in [5.74, 6) is 0.367. The van der Waals surface area contributed by atoms with E-state index < -0.39 is 6.04 Å². The lowest BCUT2D eigenvalue weighted by Crippen LogP contribution is -2.50. The fourth-order valence-electron chi connectivity index (χ4n) is 2.41. The van der Waals surface area contributed by atoms with Crippen molar-refractivity contribution in [3.05, 3.63) is 35.4 Å². The highest BCUT2D eigenvalue weighted by Gasteiger charge is 2.24. The fraction of sp³-hybridized carbons (Fsp3) is 0.579. The van der Waals surface area contributed by atoms with E-state index in [-0.39, 0.29) is 17.7 Å². The molecule has 0 spiro atoms. The molecule has 23 heavy (non-hydrogen) atoms. The van der Waals surface area contributed by atoms with Gasteiger partial charge in [-0.15, -0.1) is 0 Å². The molecule has 2 N–H and O–H groups in total. The van der Waals surface area contributed by atoms with E-state index in [0.717, 1.165) is 18.4 Å². The van der Waals surface area contributed by atoms with Crippen LogP contribution in [0.2, 0.25) is 0 Å². The minimum absolute atomic E-state index is 0.0352. The van der Waals surface area contributed by atoms with Crippen LogP contribution in [0.3, 0.4) is 0 Å². The van der Waals surface area contributed by atoms with Crippen LogP contribution in [0.25, 0.3) is 0 Å². The number of hydrogen-bond acceptors (Lipinski definition) is 2. The summed E-state index contributed by atoms with van der Waals surface area (Å²) in [5.41, 5.74) is 1.52. The van der Waals surface area contributed by atoms with Crippen molar-refractivity contribution in [3.63, 3.8) is 0 Å². The Morgan fingerprint density at radius 2 is 1.74 bits per heavy atom. The summed E-state index contributed by atoms with van der Waals surface area (Å²) >= 11 is 0. The van der Waals surface area contributed by atoms with Gasteiger partial charge in [0.15, 0.2) is 0 Å². The summed E-state index contributed by atoms with van der Waals surface area (Å²) in [7, 11) is 0. The summed E-state index contributed by atoms with van der Waals surface area (Å²) in [6, 6.07) is 6.89. The summed E-state index contributed by atoms with van der Waals surface area (Å²) in [4.78, 5) is 24.8. The predicted octanol–water partition coefficient (Wildman–Crippen LogP) is 3.30. The molecule has 1 rings (SSSR count). The van der Waals surface area contributed by atoms with Crippen LogP contribution >= 0.6 is 0 Å². The van der Waals surface area contributed by atoms with E-state index in [2.05, 4.69) is 24.5 Å². The van der Waals surface area contributed by atoms with Crippen LogP contribution in [-0.2, 0) is 4.79 Å². The van der Waals surface area contributed by atoms with Crippen molar-refractivity contribution < 1.29 is 9.59 Å². The molecule has 1 atom stereocenters. The molecule has 0 aliphatic heterocycles. The number of benzene rings is 1. The zero-order valence-electron chi connectivity index (χ0n) is 15.0. The van der Waals surface area contributed by atoms with Crippen molar-refractivity contribution in [2.24, 2.45) is 11.8 Å². The number of hydrogen-bond donors (Lipinski definition) is 2. The van der Waals surface area contributed by atoms with E-state index in [1.807, 2.05) is 39.0 Å². The van der Waals surface area contributed by atoms with Crippen molar-refractivity contribution in [3.8, 4) is 0 Å². The maximum atomic E-state index is 12.4. The maximum absolute atomic E-state index is 12.4.